The Morgan fingerprint density at radius 2 is 1.75 bits per heavy atom. The highest BCUT2D eigenvalue weighted by molar-refractivity contribution is 8.00. The molecule has 7 rings (SSSR count). The lowest BCUT2D eigenvalue weighted by molar-refractivity contribution is -0.132. The molecule has 262 valence electrons. The Kier molecular flexibility index (Phi) is 10.4. The Morgan fingerprint density at radius 3 is 2.59 bits per heavy atom. The molecule has 1 unspecified atom stereocenters. The number of hydrogen-bond acceptors (Lipinski definition) is 11. The van der Waals surface area contributed by atoms with Gasteiger partial charge in [0.05, 0.1) is 24.8 Å². The average molecular weight is 724 g/mol. The molecule has 0 saturated carbocycles. The van der Waals surface area contributed by atoms with Crippen LogP contribution in [0, 0.1) is 0 Å². The molecule has 5 aromatic rings. The van der Waals surface area contributed by atoms with Crippen LogP contribution >= 0.6 is 23.1 Å². The van der Waals surface area contributed by atoms with E-state index in [1.54, 1.807) is 36.4 Å². The topological polar surface area (TPSA) is 120 Å². The summed E-state index contributed by atoms with van der Waals surface area (Å²) < 4.78 is 24.1. The van der Waals surface area contributed by atoms with Crippen molar-refractivity contribution < 1.29 is 33.6 Å². The quantitative estimate of drug-likeness (QED) is 0.0317. The van der Waals surface area contributed by atoms with Crippen molar-refractivity contribution in [3.05, 3.63) is 101 Å². The predicted octanol–water partition coefficient (Wildman–Crippen LogP) is 8.35. The molecular formula is C39H37N3O7S2. The Balaban J connectivity index is 1.27. The monoisotopic (exact) mass is 723 g/mol. The van der Waals surface area contributed by atoms with E-state index in [1.807, 2.05) is 25.1 Å². The van der Waals surface area contributed by atoms with Crippen LogP contribution < -0.4 is 23.8 Å². The Hall–Kier alpha value is -5.07. The molecule has 0 bridgehead atoms. The SMILES string of the molecule is CCCCCOc1ccc(C2C(=C(O)c3ccc4c(c3)OCCO4)C(=O)C(=O)N2c2nnc(SCc3cccc4ccccc34)s2)cc1OCC. The first-order valence-corrected chi connectivity index (χ1v) is 18.8. The summed E-state index contributed by atoms with van der Waals surface area (Å²) in [5.41, 5.74) is 1.91. The zero-order valence-corrected chi connectivity index (χ0v) is 29.9. The fourth-order valence-corrected chi connectivity index (χ4v) is 8.10. The molecule has 1 saturated heterocycles. The number of ketones is 1. The Morgan fingerprint density at radius 1 is 0.922 bits per heavy atom. The van der Waals surface area contributed by atoms with Crippen molar-refractivity contribution in [3.8, 4) is 23.0 Å². The van der Waals surface area contributed by atoms with Crippen LogP contribution in [0.1, 0.15) is 55.8 Å². The van der Waals surface area contributed by atoms with Gasteiger partial charge < -0.3 is 24.1 Å². The van der Waals surface area contributed by atoms with E-state index in [1.165, 1.54) is 28.0 Å². The summed E-state index contributed by atoms with van der Waals surface area (Å²) in [4.78, 5) is 29.2. The normalized spacial score (nSPS) is 16.5. The summed E-state index contributed by atoms with van der Waals surface area (Å²) >= 11 is 2.72. The van der Waals surface area contributed by atoms with Gasteiger partial charge in [-0.2, -0.15) is 0 Å². The molecule has 1 N–H and O–H groups in total. The molecule has 1 atom stereocenters. The summed E-state index contributed by atoms with van der Waals surface area (Å²) in [6.45, 7) is 5.67. The van der Waals surface area contributed by atoms with Crippen molar-refractivity contribution in [2.75, 3.05) is 31.3 Å². The molecule has 2 aliphatic heterocycles. The van der Waals surface area contributed by atoms with Gasteiger partial charge in [-0.25, -0.2) is 0 Å². The van der Waals surface area contributed by atoms with Gasteiger partial charge >= 0.3 is 5.91 Å². The van der Waals surface area contributed by atoms with Crippen LogP contribution in [0.15, 0.2) is 88.8 Å². The number of thioether (sulfide) groups is 1. The van der Waals surface area contributed by atoms with E-state index in [4.69, 9.17) is 18.9 Å². The number of unbranched alkanes of at least 4 members (excludes halogenated alkanes) is 2. The first-order valence-electron chi connectivity index (χ1n) is 17.0. The molecule has 1 aromatic heterocycles. The molecule has 0 radical (unpaired) electrons. The van der Waals surface area contributed by atoms with Gasteiger partial charge in [-0.3, -0.25) is 14.5 Å². The predicted molar refractivity (Wildman–Crippen MR) is 198 cm³/mol. The maximum absolute atomic E-state index is 13.9. The minimum absolute atomic E-state index is 0.0871. The highest BCUT2D eigenvalue weighted by Gasteiger charge is 2.48. The number of aromatic nitrogens is 2. The second kappa shape index (κ2) is 15.4. The molecule has 3 heterocycles. The molecule has 51 heavy (non-hydrogen) atoms. The number of aliphatic hydroxyl groups is 1. The Labute approximate surface area is 304 Å². The maximum atomic E-state index is 13.9. The number of anilines is 1. The molecule has 0 spiro atoms. The van der Waals surface area contributed by atoms with Crippen molar-refractivity contribution in [2.45, 2.75) is 49.2 Å². The van der Waals surface area contributed by atoms with Gasteiger partial charge in [0.25, 0.3) is 5.78 Å². The summed E-state index contributed by atoms with van der Waals surface area (Å²) in [6, 6.07) is 23.6. The van der Waals surface area contributed by atoms with Gasteiger partial charge in [0.2, 0.25) is 5.13 Å². The lowest BCUT2D eigenvalue weighted by atomic mass is 9.95. The average Bonchev–Trinajstić information content (AvgIpc) is 3.73. The van der Waals surface area contributed by atoms with Gasteiger partial charge in [-0.1, -0.05) is 91.4 Å². The summed E-state index contributed by atoms with van der Waals surface area (Å²) in [5, 5.41) is 23.1. The number of carbonyl (C=O) groups excluding carboxylic acids is 2. The van der Waals surface area contributed by atoms with Crippen molar-refractivity contribution in [3.63, 3.8) is 0 Å². The van der Waals surface area contributed by atoms with Crippen LogP contribution in [0.2, 0.25) is 0 Å². The number of rotatable bonds is 13. The minimum atomic E-state index is -1.03. The number of fused-ring (bicyclic) bond motifs is 2. The second-order valence-corrected chi connectivity index (χ2v) is 14.2. The van der Waals surface area contributed by atoms with Crippen LogP contribution in [0.3, 0.4) is 0 Å². The van der Waals surface area contributed by atoms with E-state index >= 15 is 0 Å². The Bertz CT molecular complexity index is 2110. The molecular weight excluding hydrogens is 687 g/mol. The lowest BCUT2D eigenvalue weighted by Gasteiger charge is -2.24. The third-order valence-corrected chi connectivity index (χ3v) is 10.8. The zero-order valence-electron chi connectivity index (χ0n) is 28.3. The van der Waals surface area contributed by atoms with Gasteiger partial charge in [-0.05, 0) is 65.6 Å². The van der Waals surface area contributed by atoms with Crippen LogP contribution in [0.25, 0.3) is 16.5 Å². The highest BCUT2D eigenvalue weighted by atomic mass is 32.2. The summed E-state index contributed by atoms with van der Waals surface area (Å²) in [7, 11) is 0. The van der Waals surface area contributed by atoms with Gasteiger partial charge in [0, 0.05) is 11.3 Å². The van der Waals surface area contributed by atoms with Crippen LogP contribution in [0.4, 0.5) is 5.13 Å². The molecule has 0 aliphatic carbocycles. The lowest BCUT2D eigenvalue weighted by Crippen LogP contribution is -2.29. The number of hydrogen-bond donors (Lipinski definition) is 1. The van der Waals surface area contributed by atoms with E-state index in [2.05, 4.69) is 41.4 Å². The van der Waals surface area contributed by atoms with E-state index in [9.17, 15) is 14.7 Å². The highest BCUT2D eigenvalue weighted by Crippen LogP contribution is 2.46. The summed E-state index contributed by atoms with van der Waals surface area (Å²) in [6.07, 6.45) is 3.01. The van der Waals surface area contributed by atoms with Gasteiger partial charge in [0.1, 0.15) is 19.0 Å². The van der Waals surface area contributed by atoms with E-state index in [0.717, 1.165) is 35.6 Å². The van der Waals surface area contributed by atoms with Crippen molar-refractivity contribution in [1.29, 1.82) is 0 Å². The summed E-state index contributed by atoms with van der Waals surface area (Å²) in [5.74, 6) is 0.641. The first kappa shape index (κ1) is 34.4. The van der Waals surface area contributed by atoms with Crippen LogP contribution in [0.5, 0.6) is 23.0 Å². The van der Waals surface area contributed by atoms with Crippen LogP contribution in [-0.4, -0.2) is 53.4 Å². The van der Waals surface area contributed by atoms with Crippen molar-refractivity contribution in [1.82, 2.24) is 10.2 Å². The molecule has 1 amide bonds. The number of benzene rings is 4. The molecule has 10 nitrogen and oxygen atoms in total. The fourth-order valence-electron chi connectivity index (χ4n) is 6.22. The first-order chi connectivity index (χ1) is 25.0. The largest absolute Gasteiger partial charge is 0.507 e. The van der Waals surface area contributed by atoms with Gasteiger partial charge in [0.15, 0.2) is 27.3 Å². The molecule has 4 aromatic carbocycles. The van der Waals surface area contributed by atoms with Gasteiger partial charge in [-0.15, -0.1) is 10.2 Å². The van der Waals surface area contributed by atoms with Crippen molar-refractivity contribution >= 4 is 56.5 Å². The third kappa shape index (κ3) is 7.11. The smallest absolute Gasteiger partial charge is 0.301 e. The van der Waals surface area contributed by atoms with Crippen molar-refractivity contribution in [2.24, 2.45) is 0 Å². The fraction of sp³-hybridized carbons (Fsp3) is 0.282. The molecule has 2 aliphatic rings. The van der Waals surface area contributed by atoms with E-state index < -0.39 is 17.7 Å². The maximum Gasteiger partial charge on any atom is 0.301 e. The van der Waals surface area contributed by atoms with Crippen LogP contribution in [-0.2, 0) is 15.3 Å². The number of ether oxygens (including phenoxy) is 4. The standard InChI is InChI=1S/C39H37N3O7S2/c1-3-5-8-18-47-29-16-14-25(21-31(29)46-4-2)34-33(35(43)26-15-17-30-32(22-26)49-20-19-48-30)36(44)37(45)42(34)38-40-41-39(51-38)50-23-27-12-9-11-24-10-6-7-13-28(24)27/h6-7,9-17,21-22,34,43H,3-5,8,18-20,23H2,1-2H3. The number of amides is 1. The number of aliphatic hydroxyl groups excluding tert-OH is 1. The number of nitrogens with zero attached hydrogens (tertiary/aromatic N) is 3. The second-order valence-electron chi connectivity index (χ2n) is 12.0. The number of Topliss-reactive ketones (excluding diaryl/α,β-unsaturated/α-hetero) is 1. The molecule has 12 heteroatoms. The molecule has 1 fully saturated rings. The third-order valence-electron chi connectivity index (χ3n) is 8.68. The number of carbonyl (C=O) groups is 2. The minimum Gasteiger partial charge on any atom is -0.507 e. The van der Waals surface area contributed by atoms with E-state index in [0.29, 0.717) is 70.6 Å². The van der Waals surface area contributed by atoms with E-state index in [-0.39, 0.29) is 16.5 Å². The zero-order chi connectivity index (χ0) is 35.3.